The van der Waals surface area contributed by atoms with Crippen molar-refractivity contribution in [3.8, 4) is 0 Å². The summed E-state index contributed by atoms with van der Waals surface area (Å²) >= 11 is 0. The van der Waals surface area contributed by atoms with Gasteiger partial charge in [0.05, 0.1) is 11.8 Å². The maximum Gasteiger partial charge on any atom is 0.336 e. The second-order valence-electron chi connectivity index (χ2n) is 9.21. The maximum absolute atomic E-state index is 12.6. The number of fused-ring (bicyclic) bond motifs is 3. The first-order valence-electron chi connectivity index (χ1n) is 10.2. The van der Waals surface area contributed by atoms with E-state index in [2.05, 4.69) is 13.8 Å². The minimum Gasteiger partial charge on any atom is -0.455 e. The van der Waals surface area contributed by atoms with Gasteiger partial charge in [0, 0.05) is 19.4 Å². The lowest BCUT2D eigenvalue weighted by molar-refractivity contribution is -0.244. The van der Waals surface area contributed by atoms with Crippen LogP contribution < -0.4 is 0 Å². The van der Waals surface area contributed by atoms with Gasteiger partial charge in [0.2, 0.25) is 12.6 Å². The molecule has 3 saturated heterocycles. The van der Waals surface area contributed by atoms with Crippen LogP contribution in [-0.2, 0) is 38.1 Å². The molecule has 8 nitrogen and oxygen atoms in total. The molecule has 1 aliphatic carbocycles. The van der Waals surface area contributed by atoms with E-state index in [1.54, 1.807) is 0 Å². The fourth-order valence-electron chi connectivity index (χ4n) is 5.21. The number of esters is 3. The Morgan fingerprint density at radius 2 is 1.83 bits per heavy atom. The quantitative estimate of drug-likeness (QED) is 0.399. The number of rotatable bonds is 3. The van der Waals surface area contributed by atoms with E-state index in [1.807, 2.05) is 6.08 Å². The first kappa shape index (κ1) is 20.3. The number of ether oxygens (including phenoxy) is 5. The van der Waals surface area contributed by atoms with Gasteiger partial charge < -0.3 is 23.7 Å². The Labute approximate surface area is 169 Å². The van der Waals surface area contributed by atoms with Crippen LogP contribution in [0.5, 0.6) is 0 Å². The summed E-state index contributed by atoms with van der Waals surface area (Å²) in [7, 11) is 0. The van der Waals surface area contributed by atoms with E-state index in [4.69, 9.17) is 23.7 Å². The summed E-state index contributed by atoms with van der Waals surface area (Å²) in [5.41, 5.74) is 0.780. The molecule has 8 heteroatoms. The zero-order valence-electron chi connectivity index (χ0n) is 17.2. The summed E-state index contributed by atoms with van der Waals surface area (Å²) in [5.74, 6) is -2.12. The molecular formula is C21H28O8. The third-order valence-corrected chi connectivity index (χ3v) is 6.27. The first-order valence-corrected chi connectivity index (χ1v) is 10.2. The van der Waals surface area contributed by atoms with Crippen molar-refractivity contribution < 1.29 is 38.1 Å². The van der Waals surface area contributed by atoms with Crippen LogP contribution in [0.2, 0.25) is 0 Å². The number of hydrogen-bond donors (Lipinski definition) is 0. The van der Waals surface area contributed by atoms with Crippen molar-refractivity contribution in [2.45, 2.75) is 78.4 Å². The Kier molecular flexibility index (Phi) is 5.19. The Bertz CT molecular complexity index is 741. The smallest absolute Gasteiger partial charge is 0.336 e. The van der Waals surface area contributed by atoms with Crippen LogP contribution in [-0.4, -0.2) is 42.9 Å². The molecule has 0 amide bonds. The third-order valence-electron chi connectivity index (χ3n) is 6.27. The van der Waals surface area contributed by atoms with Crippen LogP contribution in [0.15, 0.2) is 11.6 Å². The van der Waals surface area contributed by atoms with Gasteiger partial charge in [-0.2, -0.15) is 0 Å². The van der Waals surface area contributed by atoms with E-state index in [9.17, 15) is 14.4 Å². The predicted molar refractivity (Wildman–Crippen MR) is 97.7 cm³/mol. The molecule has 0 radical (unpaired) electrons. The Balaban J connectivity index is 1.61. The molecule has 29 heavy (non-hydrogen) atoms. The van der Waals surface area contributed by atoms with Crippen LogP contribution in [0, 0.1) is 23.2 Å². The molecule has 0 unspecified atom stereocenters. The standard InChI is InChI=1S/C21H28O8/c1-10(22)25-16-15-14-13(8-12-6-5-7-21(3,4)9-12)17(24)27-18(14)28-19(15)29-20(16)26-11(2)23/h8,12,14-16,18-20H,5-7,9H2,1-4H3/t12-,14+,15+,16+,18-,19+,20+/m1/s1. The van der Waals surface area contributed by atoms with Crippen LogP contribution in [0.3, 0.4) is 0 Å². The summed E-state index contributed by atoms with van der Waals surface area (Å²) in [6.07, 6.45) is 2.82. The molecule has 4 aliphatic rings. The van der Waals surface area contributed by atoms with E-state index >= 15 is 0 Å². The molecule has 0 bridgehead atoms. The lowest BCUT2D eigenvalue weighted by atomic mass is 9.71. The highest BCUT2D eigenvalue weighted by Crippen LogP contribution is 2.51. The summed E-state index contributed by atoms with van der Waals surface area (Å²) in [6, 6.07) is 0. The van der Waals surface area contributed by atoms with Crippen molar-refractivity contribution in [3.63, 3.8) is 0 Å². The summed E-state index contributed by atoms with van der Waals surface area (Å²) in [6.45, 7) is 7.02. The SMILES string of the molecule is CC(=O)O[C@H]1O[C@@H]2O[C@H]3OC(=O)C(=C[C@H]4CCCC(C)(C)C4)[C@H]3[C@H]2[C@@H]1OC(C)=O. The van der Waals surface area contributed by atoms with Crippen LogP contribution in [0.25, 0.3) is 0 Å². The van der Waals surface area contributed by atoms with Crippen LogP contribution in [0.4, 0.5) is 0 Å². The highest BCUT2D eigenvalue weighted by molar-refractivity contribution is 5.91. The molecule has 0 aromatic rings. The van der Waals surface area contributed by atoms with Gasteiger partial charge in [-0.25, -0.2) is 4.79 Å². The largest absolute Gasteiger partial charge is 0.455 e. The Hall–Kier alpha value is -1.93. The molecule has 0 aromatic heterocycles. The highest BCUT2D eigenvalue weighted by atomic mass is 16.8. The molecule has 0 aromatic carbocycles. The van der Waals surface area contributed by atoms with Crippen molar-refractivity contribution in [1.82, 2.24) is 0 Å². The molecule has 0 spiro atoms. The number of hydrogen-bond acceptors (Lipinski definition) is 8. The molecule has 160 valence electrons. The van der Waals surface area contributed by atoms with E-state index in [1.165, 1.54) is 20.3 Å². The fraction of sp³-hybridized carbons (Fsp3) is 0.762. The van der Waals surface area contributed by atoms with E-state index in [0.29, 0.717) is 5.57 Å². The van der Waals surface area contributed by atoms with Gasteiger partial charge in [-0.1, -0.05) is 26.3 Å². The van der Waals surface area contributed by atoms with Crippen LogP contribution in [0.1, 0.15) is 53.4 Å². The molecule has 1 saturated carbocycles. The zero-order valence-corrected chi connectivity index (χ0v) is 17.2. The van der Waals surface area contributed by atoms with Crippen molar-refractivity contribution in [2.75, 3.05) is 0 Å². The monoisotopic (exact) mass is 408 g/mol. The second kappa shape index (κ2) is 7.40. The van der Waals surface area contributed by atoms with Gasteiger partial charge in [0.15, 0.2) is 12.4 Å². The van der Waals surface area contributed by atoms with Gasteiger partial charge in [0.1, 0.15) is 0 Å². The fourth-order valence-corrected chi connectivity index (χ4v) is 5.21. The average Bonchev–Trinajstić information content (AvgIpc) is 3.16. The number of carbonyl (C=O) groups excluding carboxylic acids is 3. The molecule has 3 heterocycles. The molecule has 0 N–H and O–H groups in total. The Morgan fingerprint density at radius 3 is 2.48 bits per heavy atom. The zero-order chi connectivity index (χ0) is 20.9. The van der Waals surface area contributed by atoms with Crippen molar-refractivity contribution >= 4 is 17.9 Å². The van der Waals surface area contributed by atoms with Gasteiger partial charge >= 0.3 is 17.9 Å². The summed E-state index contributed by atoms with van der Waals surface area (Å²) < 4.78 is 27.5. The lowest BCUT2D eigenvalue weighted by Gasteiger charge is -2.34. The predicted octanol–water partition coefficient (Wildman–Crippen LogP) is 2.45. The van der Waals surface area contributed by atoms with Gasteiger partial charge in [-0.05, 0) is 30.6 Å². The molecular weight excluding hydrogens is 380 g/mol. The van der Waals surface area contributed by atoms with Gasteiger partial charge in [-0.3, -0.25) is 9.59 Å². The average molecular weight is 408 g/mol. The van der Waals surface area contributed by atoms with E-state index in [-0.39, 0.29) is 11.3 Å². The Morgan fingerprint density at radius 1 is 1.10 bits per heavy atom. The van der Waals surface area contributed by atoms with E-state index < -0.39 is 54.7 Å². The third kappa shape index (κ3) is 3.92. The normalized spacial score (nSPS) is 41.6. The van der Waals surface area contributed by atoms with Crippen molar-refractivity contribution in [1.29, 1.82) is 0 Å². The number of allylic oxidation sites excluding steroid dienone is 1. The van der Waals surface area contributed by atoms with Gasteiger partial charge in [-0.15, -0.1) is 0 Å². The molecule has 7 atom stereocenters. The van der Waals surface area contributed by atoms with E-state index in [0.717, 1.165) is 19.3 Å². The van der Waals surface area contributed by atoms with Crippen molar-refractivity contribution in [2.24, 2.45) is 23.2 Å². The van der Waals surface area contributed by atoms with Gasteiger partial charge in [0.25, 0.3) is 0 Å². The molecule has 4 fully saturated rings. The second-order valence-corrected chi connectivity index (χ2v) is 9.21. The maximum atomic E-state index is 12.6. The summed E-state index contributed by atoms with van der Waals surface area (Å²) in [4.78, 5) is 35.7. The molecule has 4 rings (SSSR count). The molecule has 3 aliphatic heterocycles. The lowest BCUT2D eigenvalue weighted by Crippen LogP contribution is -2.38. The summed E-state index contributed by atoms with van der Waals surface area (Å²) in [5, 5.41) is 0. The highest BCUT2D eigenvalue weighted by Gasteiger charge is 2.64. The number of carbonyl (C=O) groups is 3. The first-order chi connectivity index (χ1) is 13.6. The minimum absolute atomic E-state index is 0.230. The minimum atomic E-state index is -1.07. The topological polar surface area (TPSA) is 97.4 Å². The van der Waals surface area contributed by atoms with Crippen LogP contribution >= 0.6 is 0 Å². The van der Waals surface area contributed by atoms with Crippen molar-refractivity contribution in [3.05, 3.63) is 11.6 Å².